The first-order valence-electron chi connectivity index (χ1n) is 9.31. The van der Waals surface area contributed by atoms with E-state index in [2.05, 4.69) is 0 Å². The summed E-state index contributed by atoms with van der Waals surface area (Å²) in [5, 5.41) is 0. The Hall–Kier alpha value is -2.58. The number of carbonyl (C=O) groups is 1. The van der Waals surface area contributed by atoms with E-state index in [4.69, 9.17) is 9.47 Å². The molecule has 1 unspecified atom stereocenters. The molecule has 7 nitrogen and oxygen atoms in total. The fourth-order valence-corrected chi connectivity index (χ4v) is 6.54. The number of ether oxygens (including phenoxy) is 2. The predicted octanol–water partition coefficient (Wildman–Crippen LogP) is 0.0126. The van der Waals surface area contributed by atoms with Crippen molar-refractivity contribution in [1.82, 2.24) is 0 Å². The topological polar surface area (TPSA) is 77.3 Å². The molecule has 3 heterocycles. The smallest absolute Gasteiger partial charge is 0.282 e. The van der Waals surface area contributed by atoms with Crippen molar-refractivity contribution < 1.29 is 27.6 Å². The van der Waals surface area contributed by atoms with Crippen LogP contribution in [0.15, 0.2) is 48.5 Å². The Bertz CT molecular complexity index is 1020. The van der Waals surface area contributed by atoms with Crippen molar-refractivity contribution in [2.45, 2.75) is 18.6 Å². The molecule has 3 aliphatic heterocycles. The fourth-order valence-electron chi connectivity index (χ4n) is 4.50. The zero-order valence-electron chi connectivity index (χ0n) is 15.2. The third-order valence-corrected chi connectivity index (χ3v) is 7.44. The monoisotopic (exact) mass is 401 g/mol. The Labute approximate surface area is 163 Å². The molecule has 2 aromatic carbocycles. The van der Waals surface area contributed by atoms with Crippen molar-refractivity contribution in [3.05, 3.63) is 54.1 Å². The van der Waals surface area contributed by atoms with Crippen molar-refractivity contribution >= 4 is 21.4 Å². The number of sulfone groups is 1. The number of quaternary nitrogens is 1. The van der Waals surface area contributed by atoms with E-state index in [0.29, 0.717) is 18.0 Å². The number of rotatable bonds is 3. The summed E-state index contributed by atoms with van der Waals surface area (Å²) < 4.78 is 35.7. The third-order valence-electron chi connectivity index (χ3n) is 5.73. The van der Waals surface area contributed by atoms with E-state index in [0.717, 1.165) is 16.2 Å². The van der Waals surface area contributed by atoms with Gasteiger partial charge in [-0.05, 0) is 30.3 Å². The van der Waals surface area contributed by atoms with E-state index >= 15 is 0 Å². The molecule has 3 atom stereocenters. The van der Waals surface area contributed by atoms with Gasteiger partial charge >= 0.3 is 0 Å². The number of hydrogen-bond acceptors (Lipinski definition) is 5. The molecule has 1 N–H and O–H groups in total. The van der Waals surface area contributed by atoms with Gasteiger partial charge in [-0.25, -0.2) is 8.42 Å². The molecule has 0 spiro atoms. The molecule has 0 radical (unpaired) electrons. The van der Waals surface area contributed by atoms with E-state index in [-0.39, 0.29) is 42.8 Å². The summed E-state index contributed by atoms with van der Waals surface area (Å²) in [6, 6.07) is 14.6. The largest absolute Gasteiger partial charge is 0.454 e. The van der Waals surface area contributed by atoms with Gasteiger partial charge in [0.25, 0.3) is 5.91 Å². The molecule has 0 aromatic heterocycles. The number of nitrogens with zero attached hydrogens (tertiary/aromatic N) is 1. The van der Waals surface area contributed by atoms with Crippen LogP contribution >= 0.6 is 0 Å². The first-order chi connectivity index (χ1) is 13.5. The number of para-hydroxylation sites is 1. The number of benzene rings is 2. The molecule has 28 heavy (non-hydrogen) atoms. The minimum atomic E-state index is -3.19. The zero-order chi connectivity index (χ0) is 19.3. The second kappa shape index (κ2) is 6.49. The third kappa shape index (κ3) is 3.02. The summed E-state index contributed by atoms with van der Waals surface area (Å²) in [6.07, 6.45) is 0. The molecule has 0 saturated carbocycles. The van der Waals surface area contributed by atoms with E-state index < -0.39 is 9.84 Å². The number of anilines is 1. The van der Waals surface area contributed by atoms with Crippen LogP contribution in [-0.4, -0.2) is 51.3 Å². The number of fused-ring (bicyclic) bond motifs is 2. The van der Waals surface area contributed by atoms with Gasteiger partial charge in [-0.3, -0.25) is 9.69 Å². The van der Waals surface area contributed by atoms with Crippen LogP contribution < -0.4 is 19.3 Å². The highest BCUT2D eigenvalue weighted by Crippen LogP contribution is 2.32. The first-order valence-corrected chi connectivity index (χ1v) is 11.1. The van der Waals surface area contributed by atoms with Crippen LogP contribution in [0.3, 0.4) is 0 Å². The van der Waals surface area contributed by atoms with Gasteiger partial charge in [-0.1, -0.05) is 18.2 Å². The summed E-state index contributed by atoms with van der Waals surface area (Å²) in [4.78, 5) is 15.7. The van der Waals surface area contributed by atoms with E-state index in [1.165, 1.54) is 0 Å². The number of piperazine rings is 1. The summed E-state index contributed by atoms with van der Waals surface area (Å²) in [7, 11) is -3.19. The molecule has 5 rings (SSSR count). The van der Waals surface area contributed by atoms with Gasteiger partial charge in [-0.2, -0.15) is 0 Å². The summed E-state index contributed by atoms with van der Waals surface area (Å²) >= 11 is 0. The van der Waals surface area contributed by atoms with Gasteiger partial charge in [-0.15, -0.1) is 0 Å². The molecule has 3 aliphatic rings. The molecule has 2 aromatic rings. The van der Waals surface area contributed by atoms with Crippen LogP contribution in [0.4, 0.5) is 5.69 Å². The van der Waals surface area contributed by atoms with E-state index in [1.807, 2.05) is 48.5 Å². The highest BCUT2D eigenvalue weighted by molar-refractivity contribution is 7.91. The van der Waals surface area contributed by atoms with Crippen LogP contribution in [0, 0.1) is 0 Å². The van der Waals surface area contributed by atoms with Crippen molar-refractivity contribution in [2.75, 3.05) is 29.7 Å². The lowest BCUT2D eigenvalue weighted by atomic mass is 10.0. The zero-order valence-corrected chi connectivity index (χ0v) is 16.0. The van der Waals surface area contributed by atoms with Gasteiger partial charge < -0.3 is 14.4 Å². The average Bonchev–Trinajstić information content (AvgIpc) is 3.25. The minimum absolute atomic E-state index is 0.0168. The Kier molecular flexibility index (Phi) is 4.06. The molecule has 146 valence electrons. The first kappa shape index (κ1) is 17.5. The lowest BCUT2D eigenvalue weighted by Gasteiger charge is -2.40. The van der Waals surface area contributed by atoms with Gasteiger partial charge in [0.1, 0.15) is 24.4 Å². The number of carbonyl (C=O) groups excluding carboxylic acids is 1. The van der Waals surface area contributed by atoms with E-state index in [9.17, 15) is 13.2 Å². The molecule has 2 saturated heterocycles. The van der Waals surface area contributed by atoms with Crippen LogP contribution in [0.25, 0.3) is 0 Å². The standard InChI is InChI=1S/C20H20N2O5S/c23-20-10-21(9-14-6-7-18-19(8-14)27-13-26-18)16-11-28(24,25)12-17(16)22(20)15-4-2-1-3-5-15/h1-8,16-17H,9-13H2/p+1/t16-,17-/m0/s1. The maximum atomic E-state index is 13.0. The van der Waals surface area contributed by atoms with Gasteiger partial charge in [0.05, 0.1) is 5.75 Å². The van der Waals surface area contributed by atoms with Crippen molar-refractivity contribution in [3.8, 4) is 11.5 Å². The van der Waals surface area contributed by atoms with E-state index in [1.54, 1.807) is 4.90 Å². The second-order valence-electron chi connectivity index (χ2n) is 7.55. The van der Waals surface area contributed by atoms with Crippen molar-refractivity contribution in [2.24, 2.45) is 0 Å². The minimum Gasteiger partial charge on any atom is -0.454 e. The lowest BCUT2D eigenvalue weighted by Crippen LogP contribution is -3.19. The summed E-state index contributed by atoms with van der Waals surface area (Å²) in [5.74, 6) is 1.49. The van der Waals surface area contributed by atoms with Crippen LogP contribution in [0.1, 0.15) is 5.56 Å². The van der Waals surface area contributed by atoms with Gasteiger partial charge in [0, 0.05) is 11.3 Å². The van der Waals surface area contributed by atoms with Gasteiger partial charge in [0.15, 0.2) is 27.9 Å². The lowest BCUT2D eigenvalue weighted by molar-refractivity contribution is -0.931. The maximum absolute atomic E-state index is 13.0. The van der Waals surface area contributed by atoms with Crippen molar-refractivity contribution in [3.63, 3.8) is 0 Å². The van der Waals surface area contributed by atoms with Crippen molar-refractivity contribution in [1.29, 1.82) is 0 Å². The summed E-state index contributed by atoms with van der Waals surface area (Å²) in [5.41, 5.74) is 1.77. The number of amides is 1. The molecule has 1 amide bonds. The molecular weight excluding hydrogens is 380 g/mol. The van der Waals surface area contributed by atoms with Crippen LogP contribution in [0.5, 0.6) is 11.5 Å². The normalized spacial score (nSPS) is 27.6. The average molecular weight is 401 g/mol. The SMILES string of the molecule is O=C1C[NH+](Cc2ccc3c(c2)OCO3)[C@H]2CS(=O)(=O)C[C@@H]2N1c1ccccc1. The highest BCUT2D eigenvalue weighted by Gasteiger charge is 2.52. The maximum Gasteiger partial charge on any atom is 0.282 e. The number of hydrogen-bond donors (Lipinski definition) is 1. The highest BCUT2D eigenvalue weighted by atomic mass is 32.2. The molecule has 0 bridgehead atoms. The quantitative estimate of drug-likeness (QED) is 0.784. The molecule has 2 fully saturated rings. The second-order valence-corrected chi connectivity index (χ2v) is 9.70. The molecule has 8 heteroatoms. The predicted molar refractivity (Wildman–Crippen MR) is 102 cm³/mol. The summed E-state index contributed by atoms with van der Waals surface area (Å²) in [6.45, 7) is 1.05. The van der Waals surface area contributed by atoms with Crippen LogP contribution in [-0.2, 0) is 21.2 Å². The van der Waals surface area contributed by atoms with Gasteiger partial charge in [0.2, 0.25) is 6.79 Å². The Morgan fingerprint density at radius 1 is 1.04 bits per heavy atom. The Balaban J connectivity index is 1.45. The molecule has 0 aliphatic carbocycles. The van der Waals surface area contributed by atoms with Crippen LogP contribution in [0.2, 0.25) is 0 Å². The number of nitrogens with one attached hydrogen (secondary N) is 1. The Morgan fingerprint density at radius 2 is 1.82 bits per heavy atom. The Morgan fingerprint density at radius 3 is 2.64 bits per heavy atom. The molecular formula is C20H21N2O5S+. The fraction of sp³-hybridized carbons (Fsp3) is 0.350.